The molecule has 1 N–H and O–H groups in total. The van der Waals surface area contributed by atoms with E-state index in [1.807, 2.05) is 24.3 Å². The second kappa shape index (κ2) is 5.86. The van der Waals surface area contributed by atoms with Gasteiger partial charge in [0.05, 0.1) is 7.11 Å². The van der Waals surface area contributed by atoms with E-state index in [0.29, 0.717) is 18.4 Å². The van der Waals surface area contributed by atoms with Crippen LogP contribution in [0.3, 0.4) is 0 Å². The predicted octanol–water partition coefficient (Wildman–Crippen LogP) is 2.11. The van der Waals surface area contributed by atoms with Gasteiger partial charge in [-0.15, -0.1) is 0 Å². The van der Waals surface area contributed by atoms with E-state index in [2.05, 4.69) is 15.3 Å². The number of aromatic nitrogens is 2. The minimum absolute atomic E-state index is 0.442. The first-order chi connectivity index (χ1) is 8.81. The molecule has 0 aliphatic heterocycles. The molecule has 94 valence electrons. The number of nitrogens with one attached hydrogen (secondary N) is 1. The van der Waals surface area contributed by atoms with Gasteiger partial charge in [-0.3, -0.25) is 0 Å². The maximum absolute atomic E-state index is 5.59. The Labute approximate surface area is 106 Å². The number of rotatable bonds is 5. The SMILES string of the molecule is CNc1nccc(OCc2cccc(OC)c2)n1. The van der Waals surface area contributed by atoms with Gasteiger partial charge in [-0.25, -0.2) is 4.98 Å². The zero-order valence-corrected chi connectivity index (χ0v) is 10.4. The third-order valence-corrected chi connectivity index (χ3v) is 2.37. The highest BCUT2D eigenvalue weighted by Crippen LogP contribution is 2.15. The molecule has 5 nitrogen and oxygen atoms in total. The van der Waals surface area contributed by atoms with Crippen LogP contribution in [0.4, 0.5) is 5.95 Å². The maximum atomic E-state index is 5.59. The highest BCUT2D eigenvalue weighted by Gasteiger charge is 2.00. The first-order valence-electron chi connectivity index (χ1n) is 5.58. The minimum Gasteiger partial charge on any atom is -0.497 e. The van der Waals surface area contributed by atoms with Gasteiger partial charge in [-0.1, -0.05) is 12.1 Å². The Morgan fingerprint density at radius 1 is 1.28 bits per heavy atom. The molecule has 0 atom stereocenters. The summed E-state index contributed by atoms with van der Waals surface area (Å²) in [6, 6.07) is 9.45. The molecule has 0 saturated heterocycles. The molecule has 0 spiro atoms. The van der Waals surface area contributed by atoms with Crippen molar-refractivity contribution in [2.24, 2.45) is 0 Å². The summed E-state index contributed by atoms with van der Waals surface area (Å²) < 4.78 is 10.7. The predicted molar refractivity (Wildman–Crippen MR) is 68.9 cm³/mol. The lowest BCUT2D eigenvalue weighted by atomic mass is 10.2. The normalized spacial score (nSPS) is 9.89. The van der Waals surface area contributed by atoms with Gasteiger partial charge in [0.15, 0.2) is 0 Å². The van der Waals surface area contributed by atoms with Crippen molar-refractivity contribution < 1.29 is 9.47 Å². The van der Waals surface area contributed by atoms with Crippen molar-refractivity contribution in [2.75, 3.05) is 19.5 Å². The maximum Gasteiger partial charge on any atom is 0.225 e. The van der Waals surface area contributed by atoms with Gasteiger partial charge < -0.3 is 14.8 Å². The summed E-state index contributed by atoms with van der Waals surface area (Å²) >= 11 is 0. The zero-order valence-electron chi connectivity index (χ0n) is 10.4. The Kier molecular flexibility index (Phi) is 3.96. The smallest absolute Gasteiger partial charge is 0.225 e. The van der Waals surface area contributed by atoms with E-state index in [1.54, 1.807) is 26.4 Å². The molecule has 0 aliphatic carbocycles. The van der Waals surface area contributed by atoms with E-state index in [4.69, 9.17) is 9.47 Å². The molecule has 0 saturated carbocycles. The third kappa shape index (κ3) is 3.10. The monoisotopic (exact) mass is 245 g/mol. The van der Waals surface area contributed by atoms with E-state index >= 15 is 0 Å². The van der Waals surface area contributed by atoms with E-state index in [0.717, 1.165) is 11.3 Å². The third-order valence-electron chi connectivity index (χ3n) is 2.37. The lowest BCUT2D eigenvalue weighted by molar-refractivity contribution is 0.293. The first kappa shape index (κ1) is 12.2. The first-order valence-corrected chi connectivity index (χ1v) is 5.58. The second-order valence-corrected chi connectivity index (χ2v) is 3.61. The molecule has 0 fully saturated rings. The highest BCUT2D eigenvalue weighted by molar-refractivity contribution is 5.29. The number of methoxy groups -OCH3 is 1. The van der Waals surface area contributed by atoms with Crippen LogP contribution in [-0.2, 0) is 6.61 Å². The largest absolute Gasteiger partial charge is 0.497 e. The molecule has 0 aliphatic rings. The van der Waals surface area contributed by atoms with Crippen molar-refractivity contribution in [3.63, 3.8) is 0 Å². The summed E-state index contributed by atoms with van der Waals surface area (Å²) in [6.45, 7) is 0.442. The Balaban J connectivity index is 2.01. The molecule has 0 bridgehead atoms. The molecule has 1 aromatic heterocycles. The number of nitrogens with zero attached hydrogens (tertiary/aromatic N) is 2. The summed E-state index contributed by atoms with van der Waals surface area (Å²) in [6.07, 6.45) is 1.65. The van der Waals surface area contributed by atoms with Crippen molar-refractivity contribution in [2.45, 2.75) is 6.61 Å². The second-order valence-electron chi connectivity index (χ2n) is 3.61. The summed E-state index contributed by atoms with van der Waals surface area (Å²) in [4.78, 5) is 8.19. The Morgan fingerprint density at radius 3 is 2.94 bits per heavy atom. The molecule has 2 aromatic rings. The summed E-state index contributed by atoms with van der Waals surface area (Å²) in [5, 5.41) is 2.86. The molecular weight excluding hydrogens is 230 g/mol. The molecule has 0 amide bonds. The van der Waals surface area contributed by atoms with Crippen molar-refractivity contribution in [3.05, 3.63) is 42.1 Å². The fraction of sp³-hybridized carbons (Fsp3) is 0.231. The van der Waals surface area contributed by atoms with Crippen molar-refractivity contribution in [1.82, 2.24) is 9.97 Å². The van der Waals surface area contributed by atoms with E-state index in [1.165, 1.54) is 0 Å². The van der Waals surface area contributed by atoms with E-state index < -0.39 is 0 Å². The molecular formula is C13H15N3O2. The molecule has 2 rings (SSSR count). The molecule has 1 heterocycles. The standard InChI is InChI=1S/C13H15N3O2/c1-14-13-15-7-6-12(16-13)18-9-10-4-3-5-11(8-10)17-2/h3-8H,9H2,1-2H3,(H,14,15,16). The van der Waals surface area contributed by atoms with Crippen LogP contribution in [0.15, 0.2) is 36.5 Å². The van der Waals surface area contributed by atoms with Crippen LogP contribution < -0.4 is 14.8 Å². The molecule has 0 radical (unpaired) electrons. The Hall–Kier alpha value is -2.30. The molecule has 1 aromatic carbocycles. The minimum atomic E-state index is 0.442. The van der Waals surface area contributed by atoms with Crippen LogP contribution >= 0.6 is 0 Å². The number of benzene rings is 1. The van der Waals surface area contributed by atoms with Crippen LogP contribution in [0.25, 0.3) is 0 Å². The van der Waals surface area contributed by atoms with Gasteiger partial charge in [0.1, 0.15) is 12.4 Å². The zero-order chi connectivity index (χ0) is 12.8. The van der Waals surface area contributed by atoms with Gasteiger partial charge in [-0.05, 0) is 17.7 Å². The highest BCUT2D eigenvalue weighted by atomic mass is 16.5. The number of anilines is 1. The van der Waals surface area contributed by atoms with Crippen LogP contribution in [0, 0.1) is 0 Å². The van der Waals surface area contributed by atoms with E-state index in [-0.39, 0.29) is 0 Å². The quantitative estimate of drug-likeness (QED) is 0.874. The number of hydrogen-bond donors (Lipinski definition) is 1. The van der Waals surface area contributed by atoms with E-state index in [9.17, 15) is 0 Å². The fourth-order valence-electron chi connectivity index (χ4n) is 1.46. The lowest BCUT2D eigenvalue weighted by Gasteiger charge is -2.07. The summed E-state index contributed by atoms with van der Waals surface area (Å²) in [7, 11) is 3.41. The number of ether oxygens (including phenoxy) is 2. The molecule has 5 heteroatoms. The summed E-state index contributed by atoms with van der Waals surface area (Å²) in [5.74, 6) is 1.89. The van der Waals surface area contributed by atoms with Crippen LogP contribution in [0.2, 0.25) is 0 Å². The van der Waals surface area contributed by atoms with Crippen molar-refractivity contribution in [3.8, 4) is 11.6 Å². The Bertz CT molecular complexity index is 470. The number of hydrogen-bond acceptors (Lipinski definition) is 5. The topological polar surface area (TPSA) is 56.3 Å². The van der Waals surface area contributed by atoms with Gasteiger partial charge in [0.2, 0.25) is 11.8 Å². The molecule has 18 heavy (non-hydrogen) atoms. The van der Waals surface area contributed by atoms with Crippen LogP contribution in [0.1, 0.15) is 5.56 Å². The molecule has 0 unspecified atom stereocenters. The average Bonchev–Trinajstić information content (AvgIpc) is 2.45. The van der Waals surface area contributed by atoms with Crippen molar-refractivity contribution >= 4 is 5.95 Å². The van der Waals surface area contributed by atoms with Gasteiger partial charge in [0.25, 0.3) is 0 Å². The van der Waals surface area contributed by atoms with Crippen LogP contribution in [0.5, 0.6) is 11.6 Å². The lowest BCUT2D eigenvalue weighted by Crippen LogP contribution is -2.01. The van der Waals surface area contributed by atoms with Gasteiger partial charge >= 0.3 is 0 Å². The van der Waals surface area contributed by atoms with Crippen molar-refractivity contribution in [1.29, 1.82) is 0 Å². The van der Waals surface area contributed by atoms with Gasteiger partial charge in [-0.2, -0.15) is 4.98 Å². The summed E-state index contributed by atoms with van der Waals surface area (Å²) in [5.41, 5.74) is 1.03. The van der Waals surface area contributed by atoms with Gasteiger partial charge in [0, 0.05) is 19.3 Å². The average molecular weight is 245 g/mol. The Morgan fingerprint density at radius 2 is 2.17 bits per heavy atom. The van der Waals surface area contributed by atoms with Crippen LogP contribution in [-0.4, -0.2) is 24.1 Å². The fourth-order valence-corrected chi connectivity index (χ4v) is 1.46.